The molecule has 16 heteroatoms. The van der Waals surface area contributed by atoms with Gasteiger partial charge in [0, 0.05) is 36.2 Å². The molecule has 5 aromatic rings. The number of carboxylic acid groups (broad SMARTS) is 1. The van der Waals surface area contributed by atoms with Gasteiger partial charge in [-0.2, -0.15) is 0 Å². The van der Waals surface area contributed by atoms with Gasteiger partial charge in [-0.25, -0.2) is 4.79 Å². The molecule has 0 spiro atoms. The average molecular weight is 834 g/mol. The van der Waals surface area contributed by atoms with Crippen molar-refractivity contribution in [3.8, 4) is 16.9 Å². The lowest BCUT2D eigenvalue weighted by molar-refractivity contribution is -0.145. The lowest BCUT2D eigenvalue weighted by atomic mass is 9.99. The number of aliphatic hydroxyl groups excluding tert-OH is 2. The van der Waals surface area contributed by atoms with E-state index in [0.29, 0.717) is 21.6 Å². The number of aliphatic carboxylic acids is 1. The van der Waals surface area contributed by atoms with Gasteiger partial charge in [0.15, 0.2) is 12.2 Å². The Morgan fingerprint density at radius 3 is 1.77 bits per heavy atom. The van der Waals surface area contributed by atoms with Gasteiger partial charge < -0.3 is 47.0 Å². The van der Waals surface area contributed by atoms with E-state index in [0.717, 1.165) is 11.1 Å². The number of phenols is 1. The van der Waals surface area contributed by atoms with E-state index >= 15 is 0 Å². The molecule has 0 radical (unpaired) electrons. The molecular weight excluding hydrogens is 791 g/mol. The summed E-state index contributed by atoms with van der Waals surface area (Å²) in [5.74, 6) is -6.12. The van der Waals surface area contributed by atoms with Crippen molar-refractivity contribution in [1.29, 1.82) is 0 Å². The number of aliphatic hydroxyl groups is 2. The van der Waals surface area contributed by atoms with Gasteiger partial charge in [-0.3, -0.25) is 24.0 Å². The standard InChI is InChI=1S/C44H43N5O10S/c50-31-9-4-8-29(23-31)28-15-11-26(12-16-28)21-34-39(53)46-33(20-25-6-2-1-3-7-25)40(54)49-36(44(58)59)22-27-13-17-30(18-14-27)45-42(56)37(51)38(52)43(57)48-35(41(55)47-34)24-32-10-5-19-60-32/h1-19,23,33-38,50-52H,20-22,24H2,(H,45,56)(H,46,53)(H,47,55)(H,48,57)(H,49,54)(H,58,59)/t33-,34+,35-,36+,37-,38-/m1/s1. The summed E-state index contributed by atoms with van der Waals surface area (Å²) < 4.78 is 0. The minimum atomic E-state index is -2.31. The van der Waals surface area contributed by atoms with Crippen molar-refractivity contribution in [2.45, 2.75) is 62.1 Å². The van der Waals surface area contributed by atoms with Crippen molar-refractivity contribution in [3.63, 3.8) is 0 Å². The molecule has 1 aromatic heterocycles. The molecular formula is C44H43N5O10S. The summed E-state index contributed by atoms with van der Waals surface area (Å²) >= 11 is 1.28. The van der Waals surface area contributed by atoms with Crippen LogP contribution in [0.4, 0.5) is 5.69 Å². The van der Waals surface area contributed by atoms with Crippen LogP contribution in [0.5, 0.6) is 5.75 Å². The van der Waals surface area contributed by atoms with Crippen LogP contribution < -0.4 is 26.6 Å². The third-order valence-electron chi connectivity index (χ3n) is 9.85. The van der Waals surface area contributed by atoms with Gasteiger partial charge in [-0.05, 0) is 63.5 Å². The molecule has 4 aromatic carbocycles. The Bertz CT molecular complexity index is 2310. The molecule has 0 fully saturated rings. The molecule has 0 aliphatic carbocycles. The monoisotopic (exact) mass is 833 g/mol. The van der Waals surface area contributed by atoms with Crippen LogP contribution in [-0.2, 0) is 54.5 Å². The Labute approximate surface area is 348 Å². The van der Waals surface area contributed by atoms with Crippen LogP contribution in [0.1, 0.15) is 21.6 Å². The lowest BCUT2D eigenvalue weighted by Gasteiger charge is -2.27. The Morgan fingerprint density at radius 1 is 0.583 bits per heavy atom. The van der Waals surface area contributed by atoms with Crippen LogP contribution in [0, 0.1) is 0 Å². The van der Waals surface area contributed by atoms with Crippen molar-refractivity contribution in [2.24, 2.45) is 0 Å². The number of carbonyl (C=O) groups excluding carboxylic acids is 5. The van der Waals surface area contributed by atoms with Crippen LogP contribution in [0.3, 0.4) is 0 Å². The second kappa shape index (κ2) is 19.7. The Balaban J connectivity index is 1.37. The minimum Gasteiger partial charge on any atom is -0.508 e. The first-order chi connectivity index (χ1) is 28.8. The van der Waals surface area contributed by atoms with Gasteiger partial charge in [0.05, 0.1) is 0 Å². The maximum absolute atomic E-state index is 14.4. The van der Waals surface area contributed by atoms with E-state index in [4.69, 9.17) is 0 Å². The summed E-state index contributed by atoms with van der Waals surface area (Å²) in [7, 11) is 0. The summed E-state index contributed by atoms with van der Waals surface area (Å²) in [5.41, 5.74) is 3.31. The summed E-state index contributed by atoms with van der Waals surface area (Å²) in [6, 6.07) is 26.0. The zero-order chi connectivity index (χ0) is 42.8. The fraction of sp³-hybridized carbons (Fsp3) is 0.227. The van der Waals surface area contributed by atoms with Crippen LogP contribution in [0.15, 0.2) is 121 Å². The Kier molecular flexibility index (Phi) is 14.0. The molecule has 60 heavy (non-hydrogen) atoms. The molecule has 0 unspecified atom stereocenters. The number of fused-ring (bicyclic) bond motifs is 18. The molecule has 0 saturated carbocycles. The molecule has 2 aliphatic rings. The van der Waals surface area contributed by atoms with Crippen molar-refractivity contribution in [2.75, 3.05) is 5.32 Å². The fourth-order valence-electron chi connectivity index (χ4n) is 6.60. The topological polar surface area (TPSA) is 243 Å². The molecule has 2 aliphatic heterocycles. The number of carboxylic acids is 1. The van der Waals surface area contributed by atoms with Crippen molar-refractivity contribution in [3.05, 3.63) is 142 Å². The Hall–Kier alpha value is -6.88. The number of hydrogen-bond donors (Lipinski definition) is 9. The van der Waals surface area contributed by atoms with Crippen LogP contribution in [0.2, 0.25) is 0 Å². The highest BCUT2D eigenvalue weighted by Crippen LogP contribution is 2.24. The number of rotatable bonds is 8. The number of hydrogen-bond acceptors (Lipinski definition) is 10. The molecule has 0 saturated heterocycles. The summed E-state index contributed by atoms with van der Waals surface area (Å²) in [5, 5.41) is 56.2. The Morgan fingerprint density at radius 2 is 1.17 bits per heavy atom. The number of carbonyl (C=O) groups is 6. The summed E-state index contributed by atoms with van der Waals surface area (Å²) in [6.07, 6.45) is -5.03. The largest absolute Gasteiger partial charge is 0.508 e. The lowest BCUT2D eigenvalue weighted by Crippen LogP contribution is -2.60. The van der Waals surface area contributed by atoms with Crippen molar-refractivity contribution in [1.82, 2.24) is 21.3 Å². The molecule has 2 bridgehead atoms. The number of amides is 5. The second-order valence-electron chi connectivity index (χ2n) is 14.3. The molecule has 7 rings (SSSR count). The average Bonchev–Trinajstić information content (AvgIpc) is 3.76. The molecule has 6 atom stereocenters. The number of benzene rings is 4. The third kappa shape index (κ3) is 11.4. The predicted molar refractivity (Wildman–Crippen MR) is 222 cm³/mol. The van der Waals surface area contributed by atoms with E-state index in [1.165, 1.54) is 35.6 Å². The highest BCUT2D eigenvalue weighted by atomic mass is 32.1. The number of nitrogens with one attached hydrogen (secondary N) is 5. The van der Waals surface area contributed by atoms with Gasteiger partial charge in [0.1, 0.15) is 29.9 Å². The van der Waals surface area contributed by atoms with Gasteiger partial charge >= 0.3 is 5.97 Å². The first-order valence-corrected chi connectivity index (χ1v) is 19.9. The minimum absolute atomic E-state index is 0.0459. The highest BCUT2D eigenvalue weighted by molar-refractivity contribution is 7.09. The van der Waals surface area contributed by atoms with E-state index in [2.05, 4.69) is 26.6 Å². The van der Waals surface area contributed by atoms with E-state index < -0.39 is 71.9 Å². The van der Waals surface area contributed by atoms with Crippen molar-refractivity contribution >= 4 is 52.5 Å². The van der Waals surface area contributed by atoms with E-state index in [1.54, 1.807) is 90.3 Å². The van der Waals surface area contributed by atoms with Crippen LogP contribution >= 0.6 is 11.3 Å². The number of phenolic OH excluding ortho intramolecular Hbond substituents is 1. The van der Waals surface area contributed by atoms with Gasteiger partial charge in [0.2, 0.25) is 17.7 Å². The fourth-order valence-corrected chi connectivity index (χ4v) is 7.35. The third-order valence-corrected chi connectivity index (χ3v) is 10.8. The van der Waals surface area contributed by atoms with E-state index in [-0.39, 0.29) is 37.1 Å². The predicted octanol–water partition coefficient (Wildman–Crippen LogP) is 2.09. The van der Waals surface area contributed by atoms with Gasteiger partial charge in [-0.1, -0.05) is 84.9 Å². The van der Waals surface area contributed by atoms with E-state index in [9.17, 15) is 49.2 Å². The SMILES string of the molecule is O=C(O)[C@@H]1Cc2ccc(cc2)NC(=O)[C@H](O)[C@@H](O)C(=O)N[C@H](Cc2cccs2)C(=O)N[C@@H](Cc2ccc(-c3cccc(O)c3)cc2)C(=O)N[C@H](Cc2ccccc2)C(=O)N1. The molecule has 15 nitrogen and oxygen atoms in total. The number of anilines is 1. The zero-order valence-corrected chi connectivity index (χ0v) is 32.8. The summed E-state index contributed by atoms with van der Waals surface area (Å²) in [4.78, 5) is 82.0. The summed E-state index contributed by atoms with van der Waals surface area (Å²) in [6.45, 7) is 0. The maximum Gasteiger partial charge on any atom is 0.326 e. The first-order valence-electron chi connectivity index (χ1n) is 19.0. The quantitative estimate of drug-likeness (QED) is 0.103. The number of aromatic hydroxyl groups is 1. The molecule has 3 heterocycles. The highest BCUT2D eigenvalue weighted by Gasteiger charge is 2.36. The smallest absolute Gasteiger partial charge is 0.326 e. The molecule has 9 N–H and O–H groups in total. The van der Waals surface area contributed by atoms with Crippen molar-refractivity contribution < 1.29 is 49.2 Å². The van der Waals surface area contributed by atoms with E-state index in [1.807, 2.05) is 6.07 Å². The van der Waals surface area contributed by atoms with Gasteiger partial charge in [0.25, 0.3) is 11.8 Å². The normalized spacial score (nSPS) is 22.0. The van der Waals surface area contributed by atoms with Crippen LogP contribution in [0.25, 0.3) is 11.1 Å². The zero-order valence-electron chi connectivity index (χ0n) is 32.0. The van der Waals surface area contributed by atoms with Gasteiger partial charge in [-0.15, -0.1) is 11.3 Å². The maximum atomic E-state index is 14.4. The molecule has 310 valence electrons. The number of thiophene rings is 1. The second-order valence-corrected chi connectivity index (χ2v) is 15.3. The molecule has 5 amide bonds. The first kappa shape index (κ1) is 42.7. The van der Waals surface area contributed by atoms with Crippen LogP contribution in [-0.4, -0.2) is 92.3 Å².